The first-order chi connectivity index (χ1) is 9.74. The molecule has 116 valence electrons. The third kappa shape index (κ3) is 9.50. The van der Waals surface area contributed by atoms with Crippen molar-refractivity contribution in [2.75, 3.05) is 0 Å². The van der Waals surface area contributed by atoms with Crippen LogP contribution in [0.4, 0.5) is 0 Å². The lowest BCUT2D eigenvalue weighted by Crippen LogP contribution is -1.98. The van der Waals surface area contributed by atoms with Crippen molar-refractivity contribution in [3.63, 3.8) is 0 Å². The standard InChI is InChI=1S/C15H24.2CHNO/c1-10(2)13-7-14(11(3)4)9-15(8-13)12(5)6;2*2-1-3/h7-12H,1-6H3;2*2H. The van der Waals surface area contributed by atoms with Gasteiger partial charge in [0, 0.05) is 0 Å². The molecule has 4 nitrogen and oxygen atoms in total. The molecule has 21 heavy (non-hydrogen) atoms. The summed E-state index contributed by atoms with van der Waals surface area (Å²) in [4.78, 5) is 16.7. The van der Waals surface area contributed by atoms with Crippen LogP contribution in [0.3, 0.4) is 0 Å². The highest BCUT2D eigenvalue weighted by molar-refractivity contribution is 5.35. The van der Waals surface area contributed by atoms with Crippen LogP contribution in [0, 0.1) is 10.8 Å². The number of hydrogen-bond donors (Lipinski definition) is 2. The molecule has 0 radical (unpaired) electrons. The number of carbonyl (C=O) groups excluding carboxylic acids is 2. The molecule has 0 atom stereocenters. The maximum Gasteiger partial charge on any atom is 0.231 e. The van der Waals surface area contributed by atoms with Crippen LogP contribution in [-0.4, -0.2) is 12.2 Å². The Bertz CT molecular complexity index is 403. The van der Waals surface area contributed by atoms with Crippen molar-refractivity contribution in [3.05, 3.63) is 34.9 Å². The summed E-state index contributed by atoms with van der Waals surface area (Å²) in [5.74, 6) is 1.88. The molecule has 0 heterocycles. The number of rotatable bonds is 3. The maximum absolute atomic E-state index is 8.35. The molecule has 0 aliphatic carbocycles. The van der Waals surface area contributed by atoms with E-state index in [0.29, 0.717) is 17.8 Å². The normalized spacial score (nSPS) is 9.19. The summed E-state index contributed by atoms with van der Waals surface area (Å²) in [6, 6.07) is 7.09. The van der Waals surface area contributed by atoms with Gasteiger partial charge >= 0.3 is 0 Å². The van der Waals surface area contributed by atoms with Gasteiger partial charge in [-0.05, 0) is 34.4 Å². The smallest absolute Gasteiger partial charge is 0.222 e. The van der Waals surface area contributed by atoms with Gasteiger partial charge in [0.15, 0.2) is 0 Å². The summed E-state index contributed by atoms with van der Waals surface area (Å²) in [6.07, 6.45) is 1.50. The van der Waals surface area contributed by atoms with E-state index in [1.54, 1.807) is 0 Å². The molecule has 4 heteroatoms. The molecule has 2 N–H and O–H groups in total. The van der Waals surface area contributed by atoms with Crippen LogP contribution in [0.15, 0.2) is 18.2 Å². The predicted molar refractivity (Wildman–Crippen MR) is 85.5 cm³/mol. The monoisotopic (exact) mass is 290 g/mol. The van der Waals surface area contributed by atoms with E-state index in [4.69, 9.17) is 20.4 Å². The minimum absolute atomic E-state index is 0.626. The van der Waals surface area contributed by atoms with Gasteiger partial charge < -0.3 is 0 Å². The Morgan fingerprint density at radius 1 is 0.667 bits per heavy atom. The van der Waals surface area contributed by atoms with Gasteiger partial charge in [0.25, 0.3) is 0 Å². The molecule has 0 saturated carbocycles. The molecule has 0 aliphatic rings. The van der Waals surface area contributed by atoms with Crippen LogP contribution in [0.2, 0.25) is 0 Å². The molecule has 0 amide bonds. The third-order valence-electron chi connectivity index (χ3n) is 3.00. The van der Waals surface area contributed by atoms with E-state index in [1.165, 1.54) is 16.7 Å². The molecule has 0 unspecified atom stereocenters. The van der Waals surface area contributed by atoms with Crippen LogP contribution < -0.4 is 0 Å². The van der Waals surface area contributed by atoms with E-state index in [0.717, 1.165) is 12.2 Å². The Labute approximate surface area is 127 Å². The van der Waals surface area contributed by atoms with Gasteiger partial charge in [0.2, 0.25) is 12.2 Å². The quantitative estimate of drug-likeness (QED) is 0.615. The zero-order valence-corrected chi connectivity index (χ0v) is 13.8. The lowest BCUT2D eigenvalue weighted by molar-refractivity contribution is 0.562. The van der Waals surface area contributed by atoms with Crippen LogP contribution in [0.1, 0.15) is 76.0 Å². The van der Waals surface area contributed by atoms with E-state index in [1.807, 2.05) is 0 Å². The lowest BCUT2D eigenvalue weighted by Gasteiger charge is -2.16. The first-order valence-corrected chi connectivity index (χ1v) is 6.97. The first-order valence-electron chi connectivity index (χ1n) is 6.97. The molecule has 1 aromatic carbocycles. The average molecular weight is 290 g/mol. The largest absolute Gasteiger partial charge is 0.231 e. The molecule has 0 spiro atoms. The number of benzene rings is 1. The summed E-state index contributed by atoms with van der Waals surface area (Å²) in [6.45, 7) is 13.6. The minimum Gasteiger partial charge on any atom is -0.222 e. The van der Waals surface area contributed by atoms with Crippen molar-refractivity contribution in [2.45, 2.75) is 59.3 Å². The Hall–Kier alpha value is -2.02. The van der Waals surface area contributed by atoms with Crippen LogP contribution in [0.25, 0.3) is 0 Å². The molecule has 0 aliphatic heterocycles. The highest BCUT2D eigenvalue weighted by Crippen LogP contribution is 2.26. The summed E-state index contributed by atoms with van der Waals surface area (Å²) in [7, 11) is 0. The Morgan fingerprint density at radius 2 is 0.810 bits per heavy atom. The van der Waals surface area contributed by atoms with Gasteiger partial charge in [-0.3, -0.25) is 0 Å². The van der Waals surface area contributed by atoms with Crippen LogP contribution >= 0.6 is 0 Å². The summed E-state index contributed by atoms with van der Waals surface area (Å²) in [5.41, 5.74) is 4.43. The molecule has 0 fully saturated rings. The summed E-state index contributed by atoms with van der Waals surface area (Å²) < 4.78 is 0. The second-order valence-electron chi connectivity index (χ2n) is 5.60. The zero-order chi connectivity index (χ0) is 17.0. The fraction of sp³-hybridized carbons (Fsp3) is 0.529. The highest BCUT2D eigenvalue weighted by Gasteiger charge is 2.08. The maximum atomic E-state index is 8.35. The Kier molecular flexibility index (Phi) is 11.9. The van der Waals surface area contributed by atoms with E-state index >= 15 is 0 Å². The molecule has 0 saturated heterocycles. The number of nitrogens with one attached hydrogen (secondary N) is 2. The van der Waals surface area contributed by atoms with Crippen molar-refractivity contribution in [2.24, 2.45) is 0 Å². The Balaban J connectivity index is 0. The van der Waals surface area contributed by atoms with Gasteiger partial charge in [-0.2, -0.15) is 0 Å². The van der Waals surface area contributed by atoms with Crippen molar-refractivity contribution < 1.29 is 9.59 Å². The second-order valence-corrected chi connectivity index (χ2v) is 5.60. The lowest BCUT2D eigenvalue weighted by atomic mass is 9.90. The minimum atomic E-state index is 0.626. The fourth-order valence-corrected chi connectivity index (χ4v) is 1.70. The molecule has 1 rings (SSSR count). The zero-order valence-electron chi connectivity index (χ0n) is 13.8. The van der Waals surface area contributed by atoms with Crippen LogP contribution in [-0.2, 0) is 9.59 Å². The SMILES string of the molecule is CC(C)c1cc(C(C)C)cc(C(C)C)c1.N=C=O.N=C=O. The van der Waals surface area contributed by atoms with Crippen LogP contribution in [0.5, 0.6) is 0 Å². The van der Waals surface area contributed by atoms with Crippen molar-refractivity contribution >= 4 is 12.2 Å². The molecular weight excluding hydrogens is 264 g/mol. The molecule has 0 aromatic heterocycles. The summed E-state index contributed by atoms with van der Waals surface area (Å²) in [5, 5.41) is 10.8. The van der Waals surface area contributed by atoms with Crippen molar-refractivity contribution in [1.29, 1.82) is 10.8 Å². The molecule has 1 aromatic rings. The van der Waals surface area contributed by atoms with Gasteiger partial charge in [0.1, 0.15) is 0 Å². The highest BCUT2D eigenvalue weighted by atomic mass is 16.1. The molecule has 0 bridgehead atoms. The van der Waals surface area contributed by atoms with Gasteiger partial charge in [-0.1, -0.05) is 59.7 Å². The van der Waals surface area contributed by atoms with Crippen molar-refractivity contribution in [1.82, 2.24) is 0 Å². The van der Waals surface area contributed by atoms with E-state index in [-0.39, 0.29) is 0 Å². The number of isocyanates is 2. The second kappa shape index (κ2) is 11.8. The van der Waals surface area contributed by atoms with Gasteiger partial charge in [0.05, 0.1) is 0 Å². The average Bonchev–Trinajstić information content (AvgIpc) is 2.39. The first kappa shape index (κ1) is 21.3. The van der Waals surface area contributed by atoms with E-state index in [2.05, 4.69) is 59.7 Å². The summed E-state index contributed by atoms with van der Waals surface area (Å²) >= 11 is 0. The fourth-order valence-electron chi connectivity index (χ4n) is 1.70. The van der Waals surface area contributed by atoms with Gasteiger partial charge in [-0.25, -0.2) is 20.4 Å². The van der Waals surface area contributed by atoms with Gasteiger partial charge in [-0.15, -0.1) is 0 Å². The van der Waals surface area contributed by atoms with E-state index in [9.17, 15) is 0 Å². The molecular formula is C17H26N2O2. The predicted octanol–water partition coefficient (Wildman–Crippen LogP) is 4.86. The topological polar surface area (TPSA) is 81.8 Å². The third-order valence-corrected chi connectivity index (χ3v) is 3.00. The van der Waals surface area contributed by atoms with Crippen molar-refractivity contribution in [3.8, 4) is 0 Å². The number of hydrogen-bond acceptors (Lipinski definition) is 4. The Morgan fingerprint density at radius 3 is 0.905 bits per heavy atom. The van der Waals surface area contributed by atoms with E-state index < -0.39 is 0 Å².